The molecule has 186 valence electrons. The highest BCUT2D eigenvalue weighted by atomic mass is 35.5. The molecule has 30 heavy (non-hydrogen) atoms. The quantitative estimate of drug-likeness (QED) is 0.160. The van der Waals surface area contributed by atoms with E-state index in [9.17, 15) is 0 Å². The van der Waals surface area contributed by atoms with Crippen LogP contribution in [0.15, 0.2) is 109 Å². The Bertz CT molecular complexity index is 332. The highest BCUT2D eigenvalue weighted by Gasteiger charge is 1.59. The van der Waals surface area contributed by atoms with Crippen LogP contribution in [0.1, 0.15) is 0 Å². The molecule has 3 rings (SSSR count). The van der Waals surface area contributed by atoms with Crippen molar-refractivity contribution >= 4 is 74.4 Å². The molecule has 18 N–H and O–H groups in total. The minimum Gasteiger partial charge on any atom is -0.344 e. The second-order valence-electron chi connectivity index (χ2n) is 3.46. The first-order valence-corrected chi connectivity index (χ1v) is 6.00. The average Bonchev–Trinajstić information content (AvgIpc) is 2.54. The van der Waals surface area contributed by atoms with Crippen LogP contribution in [-0.2, 0) is 0 Å². The van der Waals surface area contributed by atoms with Crippen molar-refractivity contribution in [3.8, 4) is 0 Å². The minimum absolute atomic E-state index is 0. The Kier molecular flexibility index (Phi) is 185. The molecule has 0 unspecified atom stereocenters. The molecule has 0 atom stereocenters. The van der Waals surface area contributed by atoms with Crippen LogP contribution in [0.25, 0.3) is 0 Å². The molecule has 0 aliphatic carbocycles. The van der Waals surface area contributed by atoms with Crippen LogP contribution < -0.4 is 36.9 Å². The topological polar surface area (TPSA) is 210 Å². The summed E-state index contributed by atoms with van der Waals surface area (Å²) in [6, 6.07) is 36.0. The third kappa shape index (κ3) is 63.1. The Morgan fingerprint density at radius 2 is 0.167 bits per heavy atom. The molecule has 0 heterocycles. The lowest BCUT2D eigenvalue weighted by Crippen LogP contribution is -1.47. The Morgan fingerprint density at radius 1 is 0.133 bits per heavy atom. The number of halogens is 6. The number of rotatable bonds is 0. The van der Waals surface area contributed by atoms with Gasteiger partial charge in [0.1, 0.15) is 0 Å². The molecule has 0 spiro atoms. The highest BCUT2D eigenvalue weighted by Crippen LogP contribution is 1.81. The molecule has 6 nitrogen and oxygen atoms in total. The van der Waals surface area contributed by atoms with Crippen LogP contribution >= 0.6 is 74.4 Å². The zero-order valence-electron chi connectivity index (χ0n) is 17.1. The molecule has 0 aliphatic rings. The van der Waals surface area contributed by atoms with Gasteiger partial charge in [-0.1, -0.05) is 109 Å². The van der Waals surface area contributed by atoms with E-state index in [1.165, 1.54) is 0 Å². The SMILES string of the molecule is Cl.Cl.Cl.Cl.Cl.Cl.N.N.N.N.N.N.c1ccccc1.c1ccccc1.c1ccccc1. The third-order valence-corrected chi connectivity index (χ3v) is 2.00. The highest BCUT2D eigenvalue weighted by molar-refractivity contribution is 5.86. The summed E-state index contributed by atoms with van der Waals surface area (Å²) in [4.78, 5) is 0. The van der Waals surface area contributed by atoms with Gasteiger partial charge in [-0.05, 0) is 0 Å². The molecular weight excluding hydrogens is 513 g/mol. The number of hydrogen-bond donors (Lipinski definition) is 6. The van der Waals surface area contributed by atoms with Crippen LogP contribution in [0, 0.1) is 0 Å². The first-order valence-electron chi connectivity index (χ1n) is 6.00. The molecule has 0 aromatic heterocycles. The molecule has 0 bridgehead atoms. The predicted molar refractivity (Wildman–Crippen MR) is 153 cm³/mol. The molecule has 0 saturated heterocycles. The first-order chi connectivity index (χ1) is 9.00. The van der Waals surface area contributed by atoms with Gasteiger partial charge < -0.3 is 36.9 Å². The lowest BCUT2D eigenvalue weighted by molar-refractivity contribution is 1.72. The molecule has 0 aliphatic heterocycles. The molecule has 0 saturated carbocycles. The first kappa shape index (κ1) is 78.5. The summed E-state index contributed by atoms with van der Waals surface area (Å²) >= 11 is 0. The van der Waals surface area contributed by atoms with E-state index in [1.54, 1.807) is 0 Å². The Morgan fingerprint density at radius 3 is 0.200 bits per heavy atom. The van der Waals surface area contributed by atoms with Gasteiger partial charge in [0.15, 0.2) is 0 Å². The van der Waals surface area contributed by atoms with Crippen LogP contribution in [0.5, 0.6) is 0 Å². The zero-order valence-corrected chi connectivity index (χ0v) is 22.0. The van der Waals surface area contributed by atoms with Crippen molar-refractivity contribution < 1.29 is 0 Å². The smallest absolute Gasteiger partial charge is 0.0623 e. The van der Waals surface area contributed by atoms with Crippen molar-refractivity contribution in [3.63, 3.8) is 0 Å². The fraction of sp³-hybridized carbons (Fsp3) is 0. The minimum atomic E-state index is 0. The normalized spacial score (nSPS) is 4.80. The van der Waals surface area contributed by atoms with Crippen molar-refractivity contribution in [3.05, 3.63) is 109 Å². The van der Waals surface area contributed by atoms with Crippen molar-refractivity contribution in [1.82, 2.24) is 36.9 Å². The lowest BCUT2D eigenvalue weighted by atomic mass is 10.4. The van der Waals surface area contributed by atoms with Crippen LogP contribution in [0.2, 0.25) is 0 Å². The van der Waals surface area contributed by atoms with E-state index in [4.69, 9.17) is 0 Å². The Labute approximate surface area is 219 Å². The van der Waals surface area contributed by atoms with E-state index in [-0.39, 0.29) is 111 Å². The summed E-state index contributed by atoms with van der Waals surface area (Å²) in [5, 5.41) is 0. The van der Waals surface area contributed by atoms with E-state index >= 15 is 0 Å². The third-order valence-electron chi connectivity index (χ3n) is 2.00. The van der Waals surface area contributed by atoms with Gasteiger partial charge in [-0.25, -0.2) is 0 Å². The largest absolute Gasteiger partial charge is 0.344 e. The Hall–Kier alpha value is -0.840. The van der Waals surface area contributed by atoms with Gasteiger partial charge in [0, 0.05) is 0 Å². The van der Waals surface area contributed by atoms with E-state index in [1.807, 2.05) is 109 Å². The lowest BCUT2D eigenvalue weighted by Gasteiger charge is -1.69. The van der Waals surface area contributed by atoms with Gasteiger partial charge in [0.25, 0.3) is 0 Å². The van der Waals surface area contributed by atoms with E-state index in [2.05, 4.69) is 0 Å². The standard InChI is InChI=1S/3C6H6.6ClH.6H3N/c3*1-2-4-6-5-3-1;;;;;;;;;;;;/h3*1-6H;6*1H;6*1H3. The maximum atomic E-state index is 2.00. The summed E-state index contributed by atoms with van der Waals surface area (Å²) in [6.07, 6.45) is 0. The summed E-state index contributed by atoms with van der Waals surface area (Å²) < 4.78 is 0. The summed E-state index contributed by atoms with van der Waals surface area (Å²) in [5.41, 5.74) is 0. The fourth-order valence-electron chi connectivity index (χ4n) is 1.15. The van der Waals surface area contributed by atoms with Crippen molar-refractivity contribution in [2.75, 3.05) is 0 Å². The van der Waals surface area contributed by atoms with Crippen LogP contribution in [0.3, 0.4) is 0 Å². The number of benzene rings is 3. The maximum absolute atomic E-state index is 2.00. The van der Waals surface area contributed by atoms with Crippen molar-refractivity contribution in [1.29, 1.82) is 0 Å². The monoisotopic (exact) mass is 552 g/mol. The summed E-state index contributed by atoms with van der Waals surface area (Å²) in [7, 11) is 0. The van der Waals surface area contributed by atoms with Gasteiger partial charge in [-0.3, -0.25) is 0 Å². The molecule has 12 heteroatoms. The van der Waals surface area contributed by atoms with Gasteiger partial charge in [-0.15, -0.1) is 74.4 Å². The predicted octanol–water partition coefficient (Wildman–Crippen LogP) is 8.56. The van der Waals surface area contributed by atoms with E-state index in [0.717, 1.165) is 0 Å². The van der Waals surface area contributed by atoms with E-state index in [0.29, 0.717) is 0 Å². The maximum Gasteiger partial charge on any atom is -0.0623 e. The van der Waals surface area contributed by atoms with Crippen molar-refractivity contribution in [2.45, 2.75) is 0 Å². The zero-order chi connectivity index (χ0) is 12.7. The molecule has 0 amide bonds. The molecule has 0 fully saturated rings. The average molecular weight is 555 g/mol. The molecule has 3 aromatic carbocycles. The molecule has 3 aromatic rings. The fourth-order valence-corrected chi connectivity index (χ4v) is 1.15. The summed E-state index contributed by atoms with van der Waals surface area (Å²) in [5.74, 6) is 0. The van der Waals surface area contributed by atoms with Gasteiger partial charge in [-0.2, -0.15) is 0 Å². The molecule has 0 radical (unpaired) electrons. The molecular formula is C18H42Cl6N6. The van der Waals surface area contributed by atoms with Gasteiger partial charge >= 0.3 is 0 Å². The van der Waals surface area contributed by atoms with E-state index < -0.39 is 0 Å². The number of hydrogen-bond acceptors (Lipinski definition) is 6. The van der Waals surface area contributed by atoms with Gasteiger partial charge in [0.05, 0.1) is 0 Å². The van der Waals surface area contributed by atoms with Crippen LogP contribution in [-0.4, -0.2) is 0 Å². The second-order valence-corrected chi connectivity index (χ2v) is 3.46. The summed E-state index contributed by atoms with van der Waals surface area (Å²) in [6.45, 7) is 0. The van der Waals surface area contributed by atoms with Crippen LogP contribution in [0.4, 0.5) is 0 Å². The Balaban J connectivity index is -0.0000000135. The van der Waals surface area contributed by atoms with Crippen molar-refractivity contribution in [2.24, 2.45) is 0 Å². The van der Waals surface area contributed by atoms with Gasteiger partial charge in [0.2, 0.25) is 0 Å². The second kappa shape index (κ2) is 70.5.